The fourth-order valence-electron chi connectivity index (χ4n) is 1.83. The van der Waals surface area contributed by atoms with Crippen molar-refractivity contribution in [1.82, 2.24) is 0 Å². The third-order valence-electron chi connectivity index (χ3n) is 2.91. The molecule has 0 fully saturated rings. The van der Waals surface area contributed by atoms with Gasteiger partial charge in [0, 0.05) is 11.4 Å². The van der Waals surface area contributed by atoms with E-state index in [0.29, 0.717) is 5.69 Å². The summed E-state index contributed by atoms with van der Waals surface area (Å²) < 4.78 is 12.8. The molecule has 1 amide bonds. The van der Waals surface area contributed by atoms with Crippen LogP contribution in [0, 0.1) is 12.7 Å². The van der Waals surface area contributed by atoms with Crippen molar-refractivity contribution in [3.8, 4) is 0 Å². The van der Waals surface area contributed by atoms with Crippen LogP contribution in [-0.2, 0) is 4.79 Å². The fraction of sp³-hybridized carbons (Fsp3) is 0.188. The van der Waals surface area contributed by atoms with Crippen molar-refractivity contribution in [2.75, 3.05) is 10.6 Å². The molecular weight excluding hydrogens is 255 g/mol. The van der Waals surface area contributed by atoms with Crippen molar-refractivity contribution in [2.45, 2.75) is 19.9 Å². The molecular formula is C16H17FN2O. The van der Waals surface area contributed by atoms with Gasteiger partial charge in [0.25, 0.3) is 0 Å². The second-order valence-electron chi connectivity index (χ2n) is 4.73. The third-order valence-corrected chi connectivity index (χ3v) is 2.91. The Bertz CT molecular complexity index is 596. The Balaban J connectivity index is 1.96. The number of benzene rings is 2. The molecule has 0 aromatic heterocycles. The quantitative estimate of drug-likeness (QED) is 0.893. The summed E-state index contributed by atoms with van der Waals surface area (Å²) in [6.07, 6.45) is 0. The van der Waals surface area contributed by atoms with Gasteiger partial charge in [-0.15, -0.1) is 0 Å². The summed E-state index contributed by atoms with van der Waals surface area (Å²) in [6, 6.07) is 13.1. The number of carbonyl (C=O) groups is 1. The summed E-state index contributed by atoms with van der Waals surface area (Å²) in [5.74, 6) is -0.493. The molecule has 20 heavy (non-hydrogen) atoms. The van der Waals surface area contributed by atoms with E-state index in [-0.39, 0.29) is 17.8 Å². The number of rotatable bonds is 4. The van der Waals surface area contributed by atoms with Gasteiger partial charge in [0.15, 0.2) is 0 Å². The number of anilines is 2. The van der Waals surface area contributed by atoms with Crippen LogP contribution < -0.4 is 10.6 Å². The zero-order valence-corrected chi connectivity index (χ0v) is 11.5. The van der Waals surface area contributed by atoms with Gasteiger partial charge in [0.1, 0.15) is 11.9 Å². The summed E-state index contributed by atoms with van der Waals surface area (Å²) in [5.41, 5.74) is 2.60. The second kappa shape index (κ2) is 6.19. The standard InChI is InChI=1S/C16H17FN2O/c1-11-4-3-5-15(10-11)18-12(2)16(20)19-14-8-6-13(17)7-9-14/h3-10,12,18H,1-2H3,(H,19,20)/t12-/m0/s1. The van der Waals surface area contributed by atoms with Gasteiger partial charge in [-0.2, -0.15) is 0 Å². The minimum atomic E-state index is -0.387. The molecule has 0 aliphatic rings. The molecule has 0 spiro atoms. The van der Waals surface area contributed by atoms with E-state index in [1.54, 1.807) is 6.92 Å². The lowest BCUT2D eigenvalue weighted by atomic mass is 10.2. The van der Waals surface area contributed by atoms with E-state index in [2.05, 4.69) is 10.6 Å². The van der Waals surface area contributed by atoms with Gasteiger partial charge in [-0.3, -0.25) is 4.79 Å². The Morgan fingerprint density at radius 2 is 1.80 bits per heavy atom. The smallest absolute Gasteiger partial charge is 0.246 e. The summed E-state index contributed by atoms with van der Waals surface area (Å²) in [4.78, 5) is 12.0. The average molecular weight is 272 g/mol. The van der Waals surface area contributed by atoms with Crippen molar-refractivity contribution >= 4 is 17.3 Å². The van der Waals surface area contributed by atoms with Gasteiger partial charge in [-0.1, -0.05) is 12.1 Å². The summed E-state index contributed by atoms with van der Waals surface area (Å²) in [7, 11) is 0. The first-order valence-electron chi connectivity index (χ1n) is 6.44. The van der Waals surface area contributed by atoms with E-state index in [9.17, 15) is 9.18 Å². The number of hydrogen-bond donors (Lipinski definition) is 2. The van der Waals surface area contributed by atoms with Gasteiger partial charge in [-0.25, -0.2) is 4.39 Å². The lowest BCUT2D eigenvalue weighted by Crippen LogP contribution is -2.31. The van der Waals surface area contributed by atoms with Crippen LogP contribution >= 0.6 is 0 Å². The minimum Gasteiger partial charge on any atom is -0.374 e. The normalized spacial score (nSPS) is 11.8. The van der Waals surface area contributed by atoms with Crippen molar-refractivity contribution in [1.29, 1.82) is 0 Å². The lowest BCUT2D eigenvalue weighted by molar-refractivity contribution is -0.116. The Labute approximate surface area is 117 Å². The van der Waals surface area contributed by atoms with Crippen LogP contribution in [0.4, 0.5) is 15.8 Å². The zero-order valence-electron chi connectivity index (χ0n) is 11.5. The molecule has 0 aliphatic carbocycles. The topological polar surface area (TPSA) is 41.1 Å². The molecule has 3 nitrogen and oxygen atoms in total. The van der Waals surface area contributed by atoms with E-state index in [4.69, 9.17) is 0 Å². The molecule has 2 aromatic carbocycles. The maximum Gasteiger partial charge on any atom is 0.246 e. The summed E-state index contributed by atoms with van der Waals surface area (Å²) in [6.45, 7) is 3.77. The van der Waals surface area contributed by atoms with E-state index in [0.717, 1.165) is 11.3 Å². The van der Waals surface area contributed by atoms with Crippen LogP contribution in [-0.4, -0.2) is 11.9 Å². The van der Waals surface area contributed by atoms with E-state index in [1.807, 2.05) is 31.2 Å². The van der Waals surface area contributed by atoms with Crippen LogP contribution in [0.3, 0.4) is 0 Å². The number of aryl methyl sites for hydroxylation is 1. The molecule has 2 rings (SSSR count). The fourth-order valence-corrected chi connectivity index (χ4v) is 1.83. The molecule has 2 aromatic rings. The molecule has 0 unspecified atom stereocenters. The minimum absolute atomic E-state index is 0.168. The number of nitrogens with one attached hydrogen (secondary N) is 2. The van der Waals surface area contributed by atoms with E-state index < -0.39 is 0 Å². The highest BCUT2D eigenvalue weighted by Crippen LogP contribution is 2.13. The Morgan fingerprint density at radius 3 is 2.45 bits per heavy atom. The van der Waals surface area contributed by atoms with Crippen molar-refractivity contribution in [3.63, 3.8) is 0 Å². The van der Waals surface area contributed by atoms with Crippen molar-refractivity contribution < 1.29 is 9.18 Å². The summed E-state index contributed by atoms with van der Waals surface area (Å²) >= 11 is 0. The van der Waals surface area contributed by atoms with Crippen molar-refractivity contribution in [2.24, 2.45) is 0 Å². The number of hydrogen-bond acceptors (Lipinski definition) is 2. The SMILES string of the molecule is Cc1cccc(N[C@@H](C)C(=O)Nc2ccc(F)cc2)c1. The van der Waals surface area contributed by atoms with Crippen LogP contribution in [0.1, 0.15) is 12.5 Å². The van der Waals surface area contributed by atoms with Crippen LogP contribution in [0.25, 0.3) is 0 Å². The first-order valence-corrected chi connectivity index (χ1v) is 6.44. The zero-order chi connectivity index (χ0) is 14.5. The van der Waals surface area contributed by atoms with Crippen LogP contribution in [0.5, 0.6) is 0 Å². The Hall–Kier alpha value is -2.36. The summed E-state index contributed by atoms with van der Waals surface area (Å²) in [5, 5.41) is 5.86. The number of halogens is 1. The van der Waals surface area contributed by atoms with Crippen molar-refractivity contribution in [3.05, 3.63) is 59.9 Å². The maximum absolute atomic E-state index is 12.8. The molecule has 1 atom stereocenters. The Morgan fingerprint density at radius 1 is 1.10 bits per heavy atom. The highest BCUT2D eigenvalue weighted by atomic mass is 19.1. The van der Waals surface area contributed by atoms with Gasteiger partial charge in [0.2, 0.25) is 5.91 Å². The number of amides is 1. The molecule has 2 N–H and O–H groups in total. The van der Waals surface area contributed by atoms with Gasteiger partial charge < -0.3 is 10.6 Å². The predicted octanol–water partition coefficient (Wildman–Crippen LogP) is 3.57. The molecule has 0 bridgehead atoms. The first-order chi connectivity index (χ1) is 9.54. The molecule has 4 heteroatoms. The number of carbonyl (C=O) groups excluding carboxylic acids is 1. The van der Waals surface area contributed by atoms with E-state index in [1.165, 1.54) is 24.3 Å². The molecule has 0 radical (unpaired) electrons. The first kappa shape index (κ1) is 14.1. The average Bonchev–Trinajstić information content (AvgIpc) is 2.41. The Kier molecular flexibility index (Phi) is 4.35. The predicted molar refractivity (Wildman–Crippen MR) is 79.3 cm³/mol. The van der Waals surface area contributed by atoms with E-state index >= 15 is 0 Å². The maximum atomic E-state index is 12.8. The van der Waals surface area contributed by atoms with Crippen LogP contribution in [0.2, 0.25) is 0 Å². The third kappa shape index (κ3) is 3.82. The van der Waals surface area contributed by atoms with Gasteiger partial charge in [0.05, 0.1) is 0 Å². The molecule has 104 valence electrons. The molecule has 0 saturated carbocycles. The van der Waals surface area contributed by atoms with Crippen LogP contribution in [0.15, 0.2) is 48.5 Å². The highest BCUT2D eigenvalue weighted by molar-refractivity contribution is 5.96. The van der Waals surface area contributed by atoms with Gasteiger partial charge >= 0.3 is 0 Å². The highest BCUT2D eigenvalue weighted by Gasteiger charge is 2.12. The largest absolute Gasteiger partial charge is 0.374 e. The monoisotopic (exact) mass is 272 g/mol. The molecule has 0 heterocycles. The lowest BCUT2D eigenvalue weighted by Gasteiger charge is -2.15. The van der Waals surface area contributed by atoms with Gasteiger partial charge in [-0.05, 0) is 55.8 Å². The molecule has 0 saturated heterocycles. The molecule has 0 aliphatic heterocycles. The second-order valence-corrected chi connectivity index (χ2v) is 4.73.